The van der Waals surface area contributed by atoms with Crippen LogP contribution < -0.4 is 0 Å². The van der Waals surface area contributed by atoms with Gasteiger partial charge in [-0.15, -0.1) is 0 Å². The van der Waals surface area contributed by atoms with E-state index in [1.807, 2.05) is 25.1 Å². The topological polar surface area (TPSA) is 30.7 Å². The van der Waals surface area contributed by atoms with E-state index in [1.165, 1.54) is 5.56 Å². The minimum Gasteiger partial charge on any atom is -0.280 e. The number of aryl methyl sites for hydroxylation is 2. The summed E-state index contributed by atoms with van der Waals surface area (Å²) in [6.45, 7) is 8.47. The van der Waals surface area contributed by atoms with Crippen LogP contribution in [0.3, 0.4) is 0 Å². The van der Waals surface area contributed by atoms with Gasteiger partial charge in [-0.3, -0.25) is 4.57 Å². The highest BCUT2D eigenvalue weighted by atomic mass is 15.1. The SMILES string of the molecule is Cc1cc(C)c2nc(C(C)C)n(-c3ccccc3)c2n1. The number of imidazole rings is 1. The second-order valence-electron chi connectivity index (χ2n) is 5.55. The van der Waals surface area contributed by atoms with Gasteiger partial charge in [0.25, 0.3) is 0 Å². The highest BCUT2D eigenvalue weighted by Crippen LogP contribution is 2.26. The van der Waals surface area contributed by atoms with Crippen LogP contribution in [0.25, 0.3) is 16.9 Å². The molecule has 0 aliphatic rings. The Labute approximate surface area is 119 Å². The molecule has 0 N–H and O–H groups in total. The van der Waals surface area contributed by atoms with Gasteiger partial charge in [0, 0.05) is 17.3 Å². The fourth-order valence-electron chi connectivity index (χ4n) is 2.60. The molecular weight excluding hydrogens is 246 g/mol. The summed E-state index contributed by atoms with van der Waals surface area (Å²) < 4.78 is 2.18. The second kappa shape index (κ2) is 4.75. The summed E-state index contributed by atoms with van der Waals surface area (Å²) in [4.78, 5) is 9.55. The largest absolute Gasteiger partial charge is 0.280 e. The number of pyridine rings is 1. The number of hydrogen-bond acceptors (Lipinski definition) is 2. The van der Waals surface area contributed by atoms with E-state index in [-0.39, 0.29) is 0 Å². The van der Waals surface area contributed by atoms with E-state index in [0.29, 0.717) is 5.92 Å². The molecule has 0 bridgehead atoms. The Balaban J connectivity index is 2.41. The lowest BCUT2D eigenvalue weighted by molar-refractivity contribution is 0.757. The van der Waals surface area contributed by atoms with E-state index in [2.05, 4.69) is 43.5 Å². The fourth-order valence-corrected chi connectivity index (χ4v) is 2.60. The van der Waals surface area contributed by atoms with Crippen molar-refractivity contribution in [3.05, 3.63) is 53.5 Å². The number of rotatable bonds is 2. The summed E-state index contributed by atoms with van der Waals surface area (Å²) in [5, 5.41) is 0. The zero-order valence-corrected chi connectivity index (χ0v) is 12.4. The minimum absolute atomic E-state index is 0.351. The Morgan fingerprint density at radius 1 is 1.00 bits per heavy atom. The maximum absolute atomic E-state index is 4.83. The molecule has 20 heavy (non-hydrogen) atoms. The van der Waals surface area contributed by atoms with E-state index in [9.17, 15) is 0 Å². The molecule has 3 nitrogen and oxygen atoms in total. The lowest BCUT2D eigenvalue weighted by Gasteiger charge is -2.11. The Morgan fingerprint density at radius 2 is 1.70 bits per heavy atom. The lowest BCUT2D eigenvalue weighted by Crippen LogP contribution is -2.03. The van der Waals surface area contributed by atoms with E-state index in [1.54, 1.807) is 0 Å². The quantitative estimate of drug-likeness (QED) is 0.696. The number of benzene rings is 1. The number of aromatic nitrogens is 3. The fraction of sp³-hybridized carbons (Fsp3) is 0.294. The molecule has 0 atom stereocenters. The van der Waals surface area contributed by atoms with Gasteiger partial charge in [-0.25, -0.2) is 9.97 Å². The maximum Gasteiger partial charge on any atom is 0.165 e. The van der Waals surface area contributed by atoms with Crippen LogP contribution in [-0.4, -0.2) is 14.5 Å². The third-order valence-electron chi connectivity index (χ3n) is 3.49. The molecule has 2 aromatic heterocycles. The molecule has 3 heteroatoms. The molecule has 1 aromatic carbocycles. The maximum atomic E-state index is 4.83. The Hall–Kier alpha value is -2.16. The summed E-state index contributed by atoms with van der Waals surface area (Å²) >= 11 is 0. The van der Waals surface area contributed by atoms with Gasteiger partial charge in [0.15, 0.2) is 5.65 Å². The van der Waals surface area contributed by atoms with Crippen LogP contribution in [0.4, 0.5) is 0 Å². The summed E-state index contributed by atoms with van der Waals surface area (Å²) in [7, 11) is 0. The average Bonchev–Trinajstić information content (AvgIpc) is 2.79. The van der Waals surface area contributed by atoms with Gasteiger partial charge in [0.05, 0.1) is 0 Å². The first kappa shape index (κ1) is 12.9. The van der Waals surface area contributed by atoms with Crippen molar-refractivity contribution in [2.75, 3.05) is 0 Å². The second-order valence-corrected chi connectivity index (χ2v) is 5.55. The molecule has 0 saturated carbocycles. The third kappa shape index (κ3) is 1.99. The number of fused-ring (bicyclic) bond motifs is 1. The van der Waals surface area contributed by atoms with Crippen LogP contribution in [0.1, 0.15) is 36.8 Å². The molecule has 0 aliphatic carbocycles. The monoisotopic (exact) mass is 265 g/mol. The highest BCUT2D eigenvalue weighted by Gasteiger charge is 2.17. The predicted octanol–water partition coefficient (Wildman–Crippen LogP) is 4.16. The molecule has 0 fully saturated rings. The Bertz CT molecular complexity index is 755. The molecule has 2 heterocycles. The van der Waals surface area contributed by atoms with Crippen molar-refractivity contribution in [1.29, 1.82) is 0 Å². The van der Waals surface area contributed by atoms with Gasteiger partial charge >= 0.3 is 0 Å². The molecular formula is C17H19N3. The van der Waals surface area contributed by atoms with Crippen LogP contribution in [0.15, 0.2) is 36.4 Å². The van der Waals surface area contributed by atoms with Crippen LogP contribution in [0.2, 0.25) is 0 Å². The number of hydrogen-bond donors (Lipinski definition) is 0. The molecule has 3 aromatic rings. The zero-order valence-electron chi connectivity index (χ0n) is 12.4. The van der Waals surface area contributed by atoms with Crippen molar-refractivity contribution in [3.63, 3.8) is 0 Å². The van der Waals surface area contributed by atoms with Gasteiger partial charge in [0.1, 0.15) is 11.3 Å². The van der Waals surface area contributed by atoms with E-state index in [0.717, 1.165) is 28.4 Å². The number of nitrogens with zero attached hydrogens (tertiary/aromatic N) is 3. The van der Waals surface area contributed by atoms with Crippen molar-refractivity contribution in [2.24, 2.45) is 0 Å². The summed E-state index contributed by atoms with van der Waals surface area (Å²) in [5.41, 5.74) is 5.29. The zero-order chi connectivity index (χ0) is 14.3. The smallest absolute Gasteiger partial charge is 0.165 e. The average molecular weight is 265 g/mol. The van der Waals surface area contributed by atoms with Crippen molar-refractivity contribution in [1.82, 2.24) is 14.5 Å². The van der Waals surface area contributed by atoms with Gasteiger partial charge in [-0.1, -0.05) is 32.0 Å². The Kier molecular flexibility index (Phi) is 3.05. The molecule has 0 spiro atoms. The van der Waals surface area contributed by atoms with Crippen molar-refractivity contribution >= 4 is 11.2 Å². The van der Waals surface area contributed by atoms with Gasteiger partial charge in [-0.05, 0) is 37.6 Å². The first-order valence-electron chi connectivity index (χ1n) is 7.00. The van der Waals surface area contributed by atoms with E-state index < -0.39 is 0 Å². The van der Waals surface area contributed by atoms with Crippen LogP contribution in [-0.2, 0) is 0 Å². The van der Waals surface area contributed by atoms with Crippen LogP contribution in [0.5, 0.6) is 0 Å². The van der Waals surface area contributed by atoms with Gasteiger partial charge in [-0.2, -0.15) is 0 Å². The highest BCUT2D eigenvalue weighted by molar-refractivity contribution is 5.78. The Morgan fingerprint density at radius 3 is 2.35 bits per heavy atom. The normalized spacial score (nSPS) is 11.4. The van der Waals surface area contributed by atoms with Crippen LogP contribution >= 0.6 is 0 Å². The third-order valence-corrected chi connectivity index (χ3v) is 3.49. The van der Waals surface area contributed by atoms with Crippen molar-refractivity contribution < 1.29 is 0 Å². The molecule has 0 radical (unpaired) electrons. The summed E-state index contributed by atoms with van der Waals surface area (Å²) in [5.74, 6) is 1.41. The first-order valence-corrected chi connectivity index (χ1v) is 7.00. The lowest BCUT2D eigenvalue weighted by atomic mass is 10.2. The van der Waals surface area contributed by atoms with E-state index in [4.69, 9.17) is 9.97 Å². The molecule has 0 saturated heterocycles. The molecule has 0 aliphatic heterocycles. The minimum atomic E-state index is 0.351. The van der Waals surface area contributed by atoms with Gasteiger partial charge in [0.2, 0.25) is 0 Å². The van der Waals surface area contributed by atoms with E-state index >= 15 is 0 Å². The van der Waals surface area contributed by atoms with Crippen molar-refractivity contribution in [2.45, 2.75) is 33.6 Å². The molecule has 3 rings (SSSR count). The molecule has 0 unspecified atom stereocenters. The van der Waals surface area contributed by atoms with Crippen molar-refractivity contribution in [3.8, 4) is 5.69 Å². The summed E-state index contributed by atoms with van der Waals surface area (Å²) in [6.07, 6.45) is 0. The standard InChI is InChI=1S/C17H19N3/c1-11(2)16-19-15-12(3)10-13(4)18-17(15)20(16)14-8-6-5-7-9-14/h5-11H,1-4H3. The van der Waals surface area contributed by atoms with Crippen LogP contribution in [0, 0.1) is 13.8 Å². The first-order chi connectivity index (χ1) is 9.58. The predicted molar refractivity (Wildman–Crippen MR) is 82.4 cm³/mol. The summed E-state index contributed by atoms with van der Waals surface area (Å²) in [6, 6.07) is 12.4. The number of para-hydroxylation sites is 1. The van der Waals surface area contributed by atoms with Gasteiger partial charge < -0.3 is 0 Å². The molecule has 102 valence electrons. The molecule has 0 amide bonds.